The predicted molar refractivity (Wildman–Crippen MR) is 41.6 cm³/mol. The molecular weight excluding hydrogens is 142 g/mol. The minimum Gasteiger partial charge on any atom is -0.316 e. The molecule has 3 atom stereocenters. The third kappa shape index (κ3) is 1.54. The van der Waals surface area contributed by atoms with E-state index in [9.17, 15) is 0 Å². The van der Waals surface area contributed by atoms with Crippen molar-refractivity contribution in [3.63, 3.8) is 0 Å². The fourth-order valence-corrected chi connectivity index (χ4v) is 1.66. The van der Waals surface area contributed by atoms with Crippen LogP contribution in [0.15, 0.2) is 0 Å². The van der Waals surface area contributed by atoms with E-state index in [0.29, 0.717) is 12.1 Å². The van der Waals surface area contributed by atoms with Crippen molar-refractivity contribution in [1.82, 2.24) is 16.1 Å². The van der Waals surface area contributed by atoms with E-state index in [2.05, 4.69) is 23.0 Å². The van der Waals surface area contributed by atoms with Gasteiger partial charge < -0.3 is 5.32 Å². The molecule has 2 fully saturated rings. The van der Waals surface area contributed by atoms with Crippen molar-refractivity contribution < 1.29 is 4.84 Å². The van der Waals surface area contributed by atoms with Crippen molar-refractivity contribution in [2.45, 2.75) is 25.7 Å². The van der Waals surface area contributed by atoms with Gasteiger partial charge in [0.25, 0.3) is 0 Å². The predicted octanol–water partition coefficient (Wildman–Crippen LogP) is -0.608. The van der Waals surface area contributed by atoms with Gasteiger partial charge in [0, 0.05) is 12.5 Å². The minimum absolute atomic E-state index is 0.208. The van der Waals surface area contributed by atoms with E-state index in [-0.39, 0.29) is 6.23 Å². The number of nitrogens with one attached hydrogen (secondary N) is 3. The standard InChI is InChI=1S/C7H15N3O/c1-5-9-7(11-10-5)6-2-3-8-4-6/h5-10H,2-4H2,1H3. The van der Waals surface area contributed by atoms with Crippen LogP contribution in [-0.4, -0.2) is 25.5 Å². The largest absolute Gasteiger partial charge is 0.316 e. The fourth-order valence-electron chi connectivity index (χ4n) is 1.66. The van der Waals surface area contributed by atoms with E-state index in [1.807, 2.05) is 0 Å². The average molecular weight is 157 g/mol. The second kappa shape index (κ2) is 3.06. The highest BCUT2D eigenvalue weighted by atomic mass is 16.7. The molecule has 2 heterocycles. The third-order valence-electron chi connectivity index (χ3n) is 2.31. The van der Waals surface area contributed by atoms with Gasteiger partial charge in [0.1, 0.15) is 6.23 Å². The molecule has 0 aromatic carbocycles. The topological polar surface area (TPSA) is 45.3 Å². The van der Waals surface area contributed by atoms with Crippen molar-refractivity contribution in [2.24, 2.45) is 5.92 Å². The van der Waals surface area contributed by atoms with Crippen LogP contribution in [0.1, 0.15) is 13.3 Å². The van der Waals surface area contributed by atoms with Gasteiger partial charge >= 0.3 is 0 Å². The van der Waals surface area contributed by atoms with Crippen LogP contribution in [0.5, 0.6) is 0 Å². The maximum Gasteiger partial charge on any atom is 0.135 e. The lowest BCUT2D eigenvalue weighted by Gasteiger charge is -2.14. The number of rotatable bonds is 1. The molecule has 0 aromatic rings. The van der Waals surface area contributed by atoms with Crippen molar-refractivity contribution in [1.29, 1.82) is 0 Å². The third-order valence-corrected chi connectivity index (χ3v) is 2.31. The molecule has 64 valence electrons. The number of hydrogen-bond donors (Lipinski definition) is 3. The van der Waals surface area contributed by atoms with Crippen LogP contribution in [0.3, 0.4) is 0 Å². The van der Waals surface area contributed by atoms with Gasteiger partial charge in [-0.25, -0.2) is 0 Å². The maximum absolute atomic E-state index is 5.35. The summed E-state index contributed by atoms with van der Waals surface area (Å²) in [7, 11) is 0. The molecule has 3 N–H and O–H groups in total. The molecule has 4 heteroatoms. The van der Waals surface area contributed by atoms with Gasteiger partial charge in [-0.1, -0.05) is 0 Å². The SMILES string of the molecule is CC1NOC(C2CCNC2)N1. The monoisotopic (exact) mass is 157 g/mol. The fraction of sp³-hybridized carbons (Fsp3) is 1.00. The van der Waals surface area contributed by atoms with Gasteiger partial charge in [0.05, 0.1) is 6.17 Å². The van der Waals surface area contributed by atoms with Gasteiger partial charge in [-0.05, 0) is 19.9 Å². The zero-order chi connectivity index (χ0) is 7.68. The first kappa shape index (κ1) is 7.49. The van der Waals surface area contributed by atoms with E-state index in [1.165, 1.54) is 6.42 Å². The zero-order valence-electron chi connectivity index (χ0n) is 6.76. The van der Waals surface area contributed by atoms with Gasteiger partial charge in [0.15, 0.2) is 0 Å². The molecule has 0 aromatic heterocycles. The highest BCUT2D eigenvalue weighted by Gasteiger charge is 2.30. The van der Waals surface area contributed by atoms with E-state index >= 15 is 0 Å². The van der Waals surface area contributed by atoms with E-state index in [0.717, 1.165) is 13.1 Å². The molecule has 0 saturated carbocycles. The normalized spacial score (nSPS) is 45.0. The van der Waals surface area contributed by atoms with E-state index in [4.69, 9.17) is 4.84 Å². The van der Waals surface area contributed by atoms with Gasteiger partial charge in [-0.3, -0.25) is 10.2 Å². The molecule has 11 heavy (non-hydrogen) atoms. The van der Waals surface area contributed by atoms with Crippen LogP contribution in [0.25, 0.3) is 0 Å². The lowest BCUT2D eigenvalue weighted by atomic mass is 10.1. The van der Waals surface area contributed by atoms with Crippen LogP contribution in [-0.2, 0) is 4.84 Å². The summed E-state index contributed by atoms with van der Waals surface area (Å²) in [5.41, 5.74) is 2.91. The van der Waals surface area contributed by atoms with Gasteiger partial charge in [-0.2, -0.15) is 5.48 Å². The highest BCUT2D eigenvalue weighted by molar-refractivity contribution is 4.80. The van der Waals surface area contributed by atoms with Crippen LogP contribution < -0.4 is 16.1 Å². The molecule has 3 unspecified atom stereocenters. The highest BCUT2D eigenvalue weighted by Crippen LogP contribution is 2.15. The summed E-state index contributed by atoms with van der Waals surface area (Å²) in [5.74, 6) is 0.632. The molecule has 4 nitrogen and oxygen atoms in total. The Morgan fingerprint density at radius 3 is 2.91 bits per heavy atom. The quantitative estimate of drug-likeness (QED) is 0.475. The zero-order valence-corrected chi connectivity index (χ0v) is 6.76. The first-order valence-corrected chi connectivity index (χ1v) is 4.24. The Balaban J connectivity index is 1.85. The van der Waals surface area contributed by atoms with Crippen LogP contribution >= 0.6 is 0 Å². The second-order valence-electron chi connectivity index (χ2n) is 3.30. The molecule has 0 amide bonds. The summed E-state index contributed by atoms with van der Waals surface area (Å²) in [6.45, 7) is 4.26. The molecule has 0 aliphatic carbocycles. The average Bonchev–Trinajstić information content (AvgIpc) is 2.55. The Labute approximate surface area is 66.6 Å². The summed E-state index contributed by atoms with van der Waals surface area (Å²) in [4.78, 5) is 5.35. The van der Waals surface area contributed by atoms with Gasteiger partial charge in [0.2, 0.25) is 0 Å². The summed E-state index contributed by atoms with van der Waals surface area (Å²) < 4.78 is 0. The molecule has 2 aliphatic heterocycles. The molecule has 2 aliphatic rings. The lowest BCUT2D eigenvalue weighted by Crippen LogP contribution is -2.36. The Bertz CT molecular complexity index is 136. The molecule has 0 spiro atoms. The first-order chi connectivity index (χ1) is 5.36. The van der Waals surface area contributed by atoms with Crippen molar-refractivity contribution in [2.75, 3.05) is 13.1 Å². The molecule has 2 rings (SSSR count). The smallest absolute Gasteiger partial charge is 0.135 e. The molecular formula is C7H15N3O. The summed E-state index contributed by atoms with van der Waals surface area (Å²) in [6, 6.07) is 0. The Morgan fingerprint density at radius 2 is 2.36 bits per heavy atom. The van der Waals surface area contributed by atoms with E-state index in [1.54, 1.807) is 0 Å². The number of hydrogen-bond acceptors (Lipinski definition) is 4. The Kier molecular flexibility index (Phi) is 2.09. The summed E-state index contributed by atoms with van der Waals surface area (Å²) in [5, 5.41) is 6.64. The van der Waals surface area contributed by atoms with Gasteiger partial charge in [-0.15, -0.1) is 0 Å². The Morgan fingerprint density at radius 1 is 1.45 bits per heavy atom. The summed E-state index contributed by atoms with van der Waals surface area (Å²) in [6.07, 6.45) is 1.71. The lowest BCUT2D eigenvalue weighted by molar-refractivity contribution is -0.00540. The first-order valence-electron chi connectivity index (χ1n) is 4.24. The minimum atomic E-state index is 0.208. The molecule has 0 radical (unpaired) electrons. The van der Waals surface area contributed by atoms with Crippen molar-refractivity contribution in [3.05, 3.63) is 0 Å². The van der Waals surface area contributed by atoms with Crippen molar-refractivity contribution >= 4 is 0 Å². The summed E-state index contributed by atoms with van der Waals surface area (Å²) >= 11 is 0. The Hall–Kier alpha value is -0.160. The van der Waals surface area contributed by atoms with Crippen LogP contribution in [0.4, 0.5) is 0 Å². The maximum atomic E-state index is 5.35. The number of hydroxylamine groups is 1. The van der Waals surface area contributed by atoms with Crippen LogP contribution in [0.2, 0.25) is 0 Å². The second-order valence-corrected chi connectivity index (χ2v) is 3.30. The van der Waals surface area contributed by atoms with E-state index < -0.39 is 0 Å². The molecule has 2 saturated heterocycles. The van der Waals surface area contributed by atoms with Crippen molar-refractivity contribution in [3.8, 4) is 0 Å². The molecule has 0 bridgehead atoms. The van der Waals surface area contributed by atoms with Crippen LogP contribution in [0, 0.1) is 5.92 Å².